The van der Waals surface area contributed by atoms with Crippen LogP contribution >= 0.6 is 0 Å². The number of hydrogen-bond acceptors (Lipinski definition) is 4. The average molecular weight is 433 g/mol. The Morgan fingerprint density at radius 3 is 1.26 bits per heavy atom. The standard InChI is InChI=1S/C27H44O4/c1-25(2)13-9-21(10-14-25)5-7-23-28-17-27(18-29-23)19-30-24(31-20-27)8-6-22-11-15-26(3,4)16-12-22/h5-6,23-24H,7-20H2,1-4H3. The molecular weight excluding hydrogens is 388 g/mol. The van der Waals surface area contributed by atoms with E-state index in [9.17, 15) is 0 Å². The Balaban J connectivity index is 1.15. The molecule has 0 aromatic carbocycles. The van der Waals surface area contributed by atoms with Gasteiger partial charge in [0.25, 0.3) is 0 Å². The average Bonchev–Trinajstić information content (AvgIpc) is 2.75. The van der Waals surface area contributed by atoms with E-state index in [1.165, 1.54) is 51.4 Å². The summed E-state index contributed by atoms with van der Waals surface area (Å²) in [6, 6.07) is 0. The van der Waals surface area contributed by atoms with E-state index < -0.39 is 0 Å². The summed E-state index contributed by atoms with van der Waals surface area (Å²) in [5, 5.41) is 0. The molecule has 0 unspecified atom stereocenters. The zero-order valence-electron chi connectivity index (χ0n) is 20.3. The Hall–Kier alpha value is -0.680. The van der Waals surface area contributed by atoms with Gasteiger partial charge in [-0.1, -0.05) is 51.0 Å². The maximum atomic E-state index is 6.07. The molecule has 4 rings (SSSR count). The van der Waals surface area contributed by atoms with Gasteiger partial charge in [-0.05, 0) is 62.2 Å². The third-order valence-corrected chi connectivity index (χ3v) is 7.99. The van der Waals surface area contributed by atoms with Gasteiger partial charge in [-0.2, -0.15) is 0 Å². The first kappa shape index (κ1) is 23.5. The monoisotopic (exact) mass is 432 g/mol. The lowest BCUT2D eigenvalue weighted by Crippen LogP contribution is -2.52. The fourth-order valence-corrected chi connectivity index (χ4v) is 5.13. The lowest BCUT2D eigenvalue weighted by molar-refractivity contribution is -0.300. The Kier molecular flexibility index (Phi) is 7.32. The SMILES string of the molecule is CC1(C)CCC(=CCC2OCC3(CO2)COC(CC=C2CCC(C)(C)CC2)OC3)CC1. The molecule has 2 aliphatic carbocycles. The fourth-order valence-electron chi connectivity index (χ4n) is 5.13. The maximum Gasteiger partial charge on any atom is 0.161 e. The Labute approximate surface area is 189 Å². The van der Waals surface area contributed by atoms with E-state index in [1.807, 2.05) is 0 Å². The first-order valence-electron chi connectivity index (χ1n) is 12.6. The third-order valence-electron chi connectivity index (χ3n) is 7.99. The van der Waals surface area contributed by atoms with Crippen molar-refractivity contribution in [1.29, 1.82) is 0 Å². The molecular formula is C27H44O4. The molecule has 4 nitrogen and oxygen atoms in total. The summed E-state index contributed by atoms with van der Waals surface area (Å²) in [6.45, 7) is 12.2. The number of rotatable bonds is 4. The van der Waals surface area contributed by atoms with Crippen molar-refractivity contribution in [2.24, 2.45) is 16.2 Å². The molecule has 4 fully saturated rings. The van der Waals surface area contributed by atoms with Crippen LogP contribution < -0.4 is 0 Å². The van der Waals surface area contributed by atoms with E-state index in [0.717, 1.165) is 12.8 Å². The molecule has 0 aromatic heterocycles. The maximum absolute atomic E-state index is 6.07. The Morgan fingerprint density at radius 1 is 0.613 bits per heavy atom. The second kappa shape index (κ2) is 9.67. The zero-order valence-corrected chi connectivity index (χ0v) is 20.3. The van der Waals surface area contributed by atoms with Gasteiger partial charge in [0.2, 0.25) is 0 Å². The quantitative estimate of drug-likeness (QED) is 0.472. The number of hydrogen-bond donors (Lipinski definition) is 0. The topological polar surface area (TPSA) is 36.9 Å². The first-order valence-corrected chi connectivity index (χ1v) is 12.6. The Morgan fingerprint density at radius 2 is 0.935 bits per heavy atom. The van der Waals surface area contributed by atoms with Gasteiger partial charge in [0, 0.05) is 12.8 Å². The van der Waals surface area contributed by atoms with Crippen LogP contribution in [0.1, 0.15) is 91.9 Å². The predicted molar refractivity (Wildman–Crippen MR) is 124 cm³/mol. The summed E-state index contributed by atoms with van der Waals surface area (Å²) in [5.74, 6) is 0. The molecule has 2 aliphatic heterocycles. The predicted octanol–water partition coefficient (Wildman–Crippen LogP) is 6.55. The van der Waals surface area contributed by atoms with E-state index in [1.54, 1.807) is 11.1 Å². The van der Waals surface area contributed by atoms with E-state index in [-0.39, 0.29) is 18.0 Å². The summed E-state index contributed by atoms with van der Waals surface area (Å²) in [4.78, 5) is 0. The number of ether oxygens (including phenoxy) is 4. The molecule has 176 valence electrons. The van der Waals surface area contributed by atoms with Crippen LogP contribution in [-0.2, 0) is 18.9 Å². The summed E-state index contributed by atoms with van der Waals surface area (Å²) in [6.07, 6.45) is 16.3. The molecule has 31 heavy (non-hydrogen) atoms. The largest absolute Gasteiger partial charge is 0.351 e. The van der Waals surface area contributed by atoms with Crippen LogP contribution in [-0.4, -0.2) is 39.0 Å². The Bertz CT molecular complexity index is 573. The molecule has 4 heteroatoms. The zero-order chi connectivity index (χ0) is 22.0. The van der Waals surface area contributed by atoms with Gasteiger partial charge in [-0.3, -0.25) is 0 Å². The van der Waals surface area contributed by atoms with Crippen molar-refractivity contribution in [3.05, 3.63) is 23.3 Å². The molecule has 2 saturated heterocycles. The molecule has 2 heterocycles. The highest BCUT2D eigenvalue weighted by atomic mass is 16.7. The smallest absolute Gasteiger partial charge is 0.161 e. The fraction of sp³-hybridized carbons (Fsp3) is 0.852. The molecule has 0 aromatic rings. The van der Waals surface area contributed by atoms with Crippen molar-refractivity contribution in [1.82, 2.24) is 0 Å². The van der Waals surface area contributed by atoms with Crippen molar-refractivity contribution in [3.8, 4) is 0 Å². The lowest BCUT2D eigenvalue weighted by Gasteiger charge is -2.43. The van der Waals surface area contributed by atoms with E-state index in [2.05, 4.69) is 39.8 Å². The molecule has 0 atom stereocenters. The number of allylic oxidation sites excluding steroid dienone is 2. The van der Waals surface area contributed by atoms with Crippen molar-refractivity contribution in [2.75, 3.05) is 26.4 Å². The van der Waals surface area contributed by atoms with Crippen LogP contribution in [0.3, 0.4) is 0 Å². The first-order chi connectivity index (χ1) is 14.7. The summed E-state index contributed by atoms with van der Waals surface area (Å²) in [5.41, 5.74) is 4.02. The van der Waals surface area contributed by atoms with Crippen LogP contribution in [0.15, 0.2) is 23.3 Å². The minimum Gasteiger partial charge on any atom is -0.351 e. The summed E-state index contributed by atoms with van der Waals surface area (Å²) >= 11 is 0. The summed E-state index contributed by atoms with van der Waals surface area (Å²) in [7, 11) is 0. The second-order valence-electron chi connectivity index (χ2n) is 12.1. The van der Waals surface area contributed by atoms with Crippen molar-refractivity contribution < 1.29 is 18.9 Å². The van der Waals surface area contributed by atoms with E-state index in [4.69, 9.17) is 18.9 Å². The summed E-state index contributed by atoms with van der Waals surface area (Å²) < 4.78 is 24.3. The van der Waals surface area contributed by atoms with Gasteiger partial charge in [0.1, 0.15) is 0 Å². The van der Waals surface area contributed by atoms with Crippen LogP contribution in [0.2, 0.25) is 0 Å². The van der Waals surface area contributed by atoms with Gasteiger partial charge < -0.3 is 18.9 Å². The second-order valence-corrected chi connectivity index (χ2v) is 12.1. The van der Waals surface area contributed by atoms with Gasteiger partial charge in [-0.15, -0.1) is 0 Å². The molecule has 4 aliphatic rings. The molecule has 1 spiro atoms. The third kappa shape index (κ3) is 6.66. The normalized spacial score (nSPS) is 35.7. The highest BCUT2D eigenvalue weighted by molar-refractivity contribution is 5.08. The van der Waals surface area contributed by atoms with Crippen LogP contribution in [0.4, 0.5) is 0 Å². The van der Waals surface area contributed by atoms with Crippen molar-refractivity contribution in [3.63, 3.8) is 0 Å². The molecule has 2 saturated carbocycles. The van der Waals surface area contributed by atoms with Crippen molar-refractivity contribution in [2.45, 2.75) is 104 Å². The van der Waals surface area contributed by atoms with Gasteiger partial charge in [0.05, 0.1) is 31.8 Å². The lowest BCUT2D eigenvalue weighted by atomic mass is 9.75. The van der Waals surface area contributed by atoms with Crippen LogP contribution in [0.5, 0.6) is 0 Å². The van der Waals surface area contributed by atoms with Gasteiger partial charge in [-0.25, -0.2) is 0 Å². The molecule has 0 N–H and O–H groups in total. The minimum absolute atomic E-state index is 0.119. The van der Waals surface area contributed by atoms with E-state index in [0.29, 0.717) is 37.3 Å². The van der Waals surface area contributed by atoms with E-state index >= 15 is 0 Å². The van der Waals surface area contributed by atoms with Gasteiger partial charge >= 0.3 is 0 Å². The van der Waals surface area contributed by atoms with Crippen LogP contribution in [0, 0.1) is 16.2 Å². The van der Waals surface area contributed by atoms with Crippen molar-refractivity contribution >= 4 is 0 Å². The molecule has 0 bridgehead atoms. The van der Waals surface area contributed by atoms with Crippen LogP contribution in [0.25, 0.3) is 0 Å². The minimum atomic E-state index is -0.142. The highest BCUT2D eigenvalue weighted by Crippen LogP contribution is 2.39. The highest BCUT2D eigenvalue weighted by Gasteiger charge is 2.41. The molecule has 0 radical (unpaired) electrons. The molecule has 0 amide bonds. The van der Waals surface area contributed by atoms with Gasteiger partial charge in [0.15, 0.2) is 12.6 Å².